The highest BCUT2D eigenvalue weighted by molar-refractivity contribution is 7.84. The average molecular weight is 215 g/mol. The van der Waals surface area contributed by atoms with Crippen molar-refractivity contribution in [2.75, 3.05) is 19.3 Å². The minimum atomic E-state index is -0.693. The summed E-state index contributed by atoms with van der Waals surface area (Å²) in [6, 6.07) is 0. The van der Waals surface area contributed by atoms with Crippen LogP contribution in [-0.2, 0) is 10.8 Å². The molecular weight excluding hydrogens is 194 g/mol. The van der Waals surface area contributed by atoms with E-state index in [9.17, 15) is 4.21 Å². The van der Waals surface area contributed by atoms with E-state index in [1.54, 1.807) is 6.26 Å². The zero-order chi connectivity index (χ0) is 10.4. The van der Waals surface area contributed by atoms with Crippen molar-refractivity contribution in [1.82, 2.24) is 5.32 Å². The van der Waals surface area contributed by atoms with E-state index in [1.165, 1.54) is 19.3 Å². The molecule has 0 amide bonds. The lowest BCUT2D eigenvalue weighted by Gasteiger charge is -2.19. The molecule has 1 aliphatic carbocycles. The first-order chi connectivity index (χ1) is 6.70. The van der Waals surface area contributed by atoms with E-state index in [-0.39, 0.29) is 5.25 Å². The van der Waals surface area contributed by atoms with Crippen molar-refractivity contribution in [3.8, 4) is 0 Å². The van der Waals surface area contributed by atoms with Crippen molar-refractivity contribution in [3.63, 3.8) is 0 Å². The number of nitrogens with one attached hydrogen (secondary N) is 1. The molecule has 3 unspecified atom stereocenters. The van der Waals surface area contributed by atoms with Crippen LogP contribution in [0.25, 0.3) is 0 Å². The summed E-state index contributed by atoms with van der Waals surface area (Å²) in [5.41, 5.74) is 0. The molecule has 1 rings (SSSR count). The molecule has 1 N–H and O–H groups in total. The van der Waals surface area contributed by atoms with Crippen LogP contribution in [-0.4, -0.2) is 28.8 Å². The maximum Gasteiger partial charge on any atom is 0.0441 e. The van der Waals surface area contributed by atoms with Gasteiger partial charge in [-0.15, -0.1) is 0 Å². The van der Waals surface area contributed by atoms with Gasteiger partial charge in [-0.2, -0.15) is 0 Å². The fourth-order valence-corrected chi connectivity index (χ4v) is 2.00. The van der Waals surface area contributed by atoms with Gasteiger partial charge in [0.05, 0.1) is 0 Å². The van der Waals surface area contributed by atoms with E-state index in [1.807, 2.05) is 6.92 Å². The Kier molecular flexibility index (Phi) is 5.41. The van der Waals surface area contributed by atoms with Crippen molar-refractivity contribution >= 4 is 10.8 Å². The second-order valence-electron chi connectivity index (χ2n) is 4.12. The van der Waals surface area contributed by atoms with Crippen molar-refractivity contribution in [2.24, 2.45) is 5.92 Å². The highest BCUT2D eigenvalue weighted by Crippen LogP contribution is 2.16. The van der Waals surface area contributed by atoms with E-state index < -0.39 is 10.8 Å². The molecule has 0 aromatic heterocycles. The highest BCUT2D eigenvalue weighted by Gasteiger charge is 2.10. The van der Waals surface area contributed by atoms with Gasteiger partial charge in [-0.05, 0) is 38.6 Å². The first-order valence-electron chi connectivity index (χ1n) is 5.38. The SMILES string of the molecule is CC(CNCC1CC=CCC1)S(C)=O. The Morgan fingerprint density at radius 1 is 1.57 bits per heavy atom. The molecule has 0 saturated carbocycles. The zero-order valence-corrected chi connectivity index (χ0v) is 9.98. The van der Waals surface area contributed by atoms with Crippen LogP contribution in [0.5, 0.6) is 0 Å². The van der Waals surface area contributed by atoms with Gasteiger partial charge in [-0.3, -0.25) is 4.21 Å². The Bertz CT molecular complexity index is 215. The minimum absolute atomic E-state index is 0.272. The fraction of sp³-hybridized carbons (Fsp3) is 0.818. The van der Waals surface area contributed by atoms with E-state index in [2.05, 4.69) is 17.5 Å². The normalized spacial score (nSPS) is 26.0. The first kappa shape index (κ1) is 11.9. The quantitative estimate of drug-likeness (QED) is 0.707. The summed E-state index contributed by atoms with van der Waals surface area (Å²) >= 11 is 0. The summed E-state index contributed by atoms with van der Waals surface area (Å²) in [5, 5.41) is 3.68. The van der Waals surface area contributed by atoms with E-state index in [4.69, 9.17) is 0 Å². The second-order valence-corrected chi connectivity index (χ2v) is 5.92. The first-order valence-corrected chi connectivity index (χ1v) is 7.00. The van der Waals surface area contributed by atoms with Crippen LogP contribution < -0.4 is 5.32 Å². The largest absolute Gasteiger partial charge is 0.315 e. The third-order valence-electron chi connectivity index (χ3n) is 2.81. The minimum Gasteiger partial charge on any atom is -0.315 e. The van der Waals surface area contributed by atoms with Gasteiger partial charge in [-0.1, -0.05) is 12.2 Å². The Labute approximate surface area is 89.6 Å². The number of hydrogen-bond acceptors (Lipinski definition) is 2. The van der Waals surface area contributed by atoms with Crippen LogP contribution in [0.4, 0.5) is 0 Å². The Morgan fingerprint density at radius 2 is 2.36 bits per heavy atom. The van der Waals surface area contributed by atoms with E-state index in [0.29, 0.717) is 0 Å². The van der Waals surface area contributed by atoms with Crippen molar-refractivity contribution < 1.29 is 4.21 Å². The molecule has 82 valence electrons. The predicted molar refractivity (Wildman–Crippen MR) is 62.9 cm³/mol. The van der Waals surface area contributed by atoms with Crippen LogP contribution in [0.2, 0.25) is 0 Å². The molecule has 0 bridgehead atoms. The summed E-state index contributed by atoms with van der Waals surface area (Å²) < 4.78 is 11.1. The number of allylic oxidation sites excluding steroid dienone is 2. The average Bonchev–Trinajstić information content (AvgIpc) is 2.19. The molecule has 0 fully saturated rings. The Morgan fingerprint density at radius 3 is 2.93 bits per heavy atom. The molecule has 0 radical (unpaired) electrons. The monoisotopic (exact) mass is 215 g/mol. The molecule has 0 heterocycles. The molecule has 3 atom stereocenters. The third kappa shape index (κ3) is 4.38. The molecule has 2 nitrogen and oxygen atoms in total. The predicted octanol–water partition coefficient (Wildman–Crippen LogP) is 1.70. The van der Waals surface area contributed by atoms with Crippen molar-refractivity contribution in [2.45, 2.75) is 31.4 Å². The summed E-state index contributed by atoms with van der Waals surface area (Å²) in [6.07, 6.45) is 10.0. The second kappa shape index (κ2) is 6.36. The molecule has 0 aliphatic heterocycles. The topological polar surface area (TPSA) is 29.1 Å². The Hall–Kier alpha value is -0.150. The van der Waals surface area contributed by atoms with Crippen LogP contribution in [0.15, 0.2) is 12.2 Å². The van der Waals surface area contributed by atoms with Gasteiger partial charge in [0, 0.05) is 28.9 Å². The van der Waals surface area contributed by atoms with Gasteiger partial charge in [0.25, 0.3) is 0 Å². The van der Waals surface area contributed by atoms with Crippen LogP contribution >= 0.6 is 0 Å². The summed E-state index contributed by atoms with van der Waals surface area (Å²) in [7, 11) is -0.693. The lowest BCUT2D eigenvalue weighted by atomic mass is 9.94. The molecule has 3 heteroatoms. The third-order valence-corrected chi connectivity index (χ3v) is 4.11. The Balaban J connectivity index is 2.08. The molecule has 14 heavy (non-hydrogen) atoms. The maximum atomic E-state index is 11.1. The van der Waals surface area contributed by atoms with E-state index >= 15 is 0 Å². The van der Waals surface area contributed by atoms with Crippen LogP contribution in [0.3, 0.4) is 0 Å². The summed E-state index contributed by atoms with van der Waals surface area (Å²) in [6.45, 7) is 3.99. The molecule has 0 aromatic rings. The lowest BCUT2D eigenvalue weighted by molar-refractivity contribution is 0.442. The van der Waals surface area contributed by atoms with Crippen molar-refractivity contribution in [3.05, 3.63) is 12.2 Å². The lowest BCUT2D eigenvalue weighted by Crippen LogP contribution is -2.31. The summed E-state index contributed by atoms with van der Waals surface area (Å²) in [5.74, 6) is 0.789. The van der Waals surface area contributed by atoms with Gasteiger partial charge in [-0.25, -0.2) is 0 Å². The van der Waals surface area contributed by atoms with Crippen LogP contribution in [0.1, 0.15) is 26.2 Å². The fourth-order valence-electron chi connectivity index (χ4n) is 1.65. The van der Waals surface area contributed by atoms with Crippen LogP contribution in [0, 0.1) is 5.92 Å². The smallest absolute Gasteiger partial charge is 0.0441 e. The maximum absolute atomic E-state index is 11.1. The van der Waals surface area contributed by atoms with Gasteiger partial charge >= 0.3 is 0 Å². The standard InChI is InChI=1S/C11H21NOS/c1-10(14(2)13)8-12-9-11-6-4-3-5-7-11/h3-4,10-12H,5-9H2,1-2H3. The van der Waals surface area contributed by atoms with Gasteiger partial charge in [0.1, 0.15) is 0 Å². The van der Waals surface area contributed by atoms with Crippen molar-refractivity contribution in [1.29, 1.82) is 0 Å². The van der Waals surface area contributed by atoms with Gasteiger partial charge in [0.15, 0.2) is 0 Å². The summed E-state index contributed by atoms with van der Waals surface area (Å²) in [4.78, 5) is 0. The van der Waals surface area contributed by atoms with E-state index in [0.717, 1.165) is 19.0 Å². The molecule has 0 saturated heterocycles. The van der Waals surface area contributed by atoms with Gasteiger partial charge < -0.3 is 5.32 Å². The molecular formula is C11H21NOS. The molecule has 0 spiro atoms. The molecule has 0 aromatic carbocycles. The molecule has 1 aliphatic rings. The highest BCUT2D eigenvalue weighted by atomic mass is 32.2. The van der Waals surface area contributed by atoms with Gasteiger partial charge in [0.2, 0.25) is 0 Å². The number of hydrogen-bond donors (Lipinski definition) is 1. The zero-order valence-electron chi connectivity index (χ0n) is 9.16. The number of rotatable bonds is 5.